The van der Waals surface area contributed by atoms with Crippen LogP contribution in [0.1, 0.15) is 374 Å². The molecule has 0 saturated carbocycles. The van der Waals surface area contributed by atoms with Crippen molar-refractivity contribution in [1.29, 1.82) is 0 Å². The number of carbonyl (C=O) groups excluding carboxylic acids is 4. The number of unbranched alkanes of at least 4 members (excludes halogenated alkanes) is 29. The molecular formula is C98H136N2O20. The van der Waals surface area contributed by atoms with Crippen molar-refractivity contribution in [3.63, 3.8) is 0 Å². The van der Waals surface area contributed by atoms with Gasteiger partial charge in [0.25, 0.3) is 11.4 Å². The Balaban J connectivity index is 1.10. The van der Waals surface area contributed by atoms with E-state index < -0.39 is 33.0 Å². The maximum Gasteiger partial charge on any atom is 0.269 e. The summed E-state index contributed by atoms with van der Waals surface area (Å²) >= 11 is 0. The van der Waals surface area contributed by atoms with Crippen molar-refractivity contribution in [2.24, 2.45) is 0 Å². The fourth-order valence-electron chi connectivity index (χ4n) is 14.8. The van der Waals surface area contributed by atoms with Gasteiger partial charge in [-0.2, -0.15) is 0 Å². The van der Waals surface area contributed by atoms with Gasteiger partial charge in [-0.25, -0.2) is 0 Å². The number of nitro benzene ring substituents is 2. The quantitative estimate of drug-likeness (QED) is 0.0195. The minimum Gasteiger partial charge on any atom is -0.490 e. The van der Waals surface area contributed by atoms with Crippen molar-refractivity contribution in [2.75, 3.05) is 66.1 Å². The van der Waals surface area contributed by atoms with Crippen LogP contribution >= 0.6 is 0 Å². The molecule has 0 aromatic heterocycles. The first-order chi connectivity index (χ1) is 58.7. The Hall–Kier alpha value is -9.60. The molecule has 6 aromatic carbocycles. The average Bonchev–Trinajstić information content (AvgIpc) is 0.727. The lowest BCUT2D eigenvalue weighted by molar-refractivity contribution is -0.385. The van der Waals surface area contributed by atoms with Crippen LogP contribution in [0, 0.1) is 20.2 Å². The van der Waals surface area contributed by atoms with E-state index in [4.69, 9.17) is 56.8 Å². The predicted octanol–water partition coefficient (Wildman–Crippen LogP) is 25.7. The van der Waals surface area contributed by atoms with Crippen LogP contribution in [-0.2, 0) is 13.2 Å². The van der Waals surface area contributed by atoms with Crippen molar-refractivity contribution >= 4 is 34.5 Å². The van der Waals surface area contributed by atoms with E-state index in [9.17, 15) is 20.2 Å². The summed E-state index contributed by atoms with van der Waals surface area (Å²) in [6.07, 6.45) is 33.7. The second-order valence-electron chi connectivity index (χ2n) is 31.7. The van der Waals surface area contributed by atoms with Crippen LogP contribution in [0.5, 0.6) is 69.0 Å². The molecule has 2 aliphatic rings. The summed E-state index contributed by atoms with van der Waals surface area (Å²) in [4.78, 5) is 86.1. The summed E-state index contributed by atoms with van der Waals surface area (Å²) in [5, 5.41) is 23.4. The van der Waals surface area contributed by atoms with E-state index in [1.54, 1.807) is 48.5 Å². The van der Waals surface area contributed by atoms with Gasteiger partial charge in [0, 0.05) is 46.5 Å². The number of nitrogens with zero attached hydrogens (tertiary/aromatic N) is 2. The SMILES string of the molecule is CCCCCCOc1cc2c(c(OCCCCCCCCOc3c(OCCCCCC)c(OCCCCCC)cc4c3C(=O)c3cc(OCCCCCC)c(OCCCCCC)c(OCc5ccc([N+](=O)[O-])cc5)c3C4=O)c1OCCCCCC)C(=O)c1cc(OCCCCCC)c(OCCCCCC)c(OCc3ccc([N+](=O)[O-])cc3)c1C2=O. The third kappa shape index (κ3) is 28.5. The topological polar surface area (TPSA) is 265 Å². The maximum absolute atomic E-state index is 15.9. The van der Waals surface area contributed by atoms with Gasteiger partial charge in [-0.15, -0.1) is 0 Å². The lowest BCUT2D eigenvalue weighted by Crippen LogP contribution is -2.25. The molecule has 22 heteroatoms. The highest BCUT2D eigenvalue weighted by atomic mass is 16.6. The third-order valence-corrected chi connectivity index (χ3v) is 21.8. The number of ether oxygens (including phenoxy) is 12. The smallest absolute Gasteiger partial charge is 0.269 e. The van der Waals surface area contributed by atoms with Gasteiger partial charge < -0.3 is 56.8 Å². The summed E-state index contributed by atoms with van der Waals surface area (Å²) in [6.45, 7) is 19.7. The van der Waals surface area contributed by atoms with Gasteiger partial charge in [-0.3, -0.25) is 39.4 Å². The molecule has 6 aromatic rings. The summed E-state index contributed by atoms with van der Waals surface area (Å²) in [5.41, 5.74) is 1.38. The molecule has 8 rings (SSSR count). The molecule has 0 radical (unpaired) electrons. The fourth-order valence-corrected chi connectivity index (χ4v) is 14.8. The number of benzene rings is 6. The highest BCUT2D eigenvalue weighted by molar-refractivity contribution is 6.32. The zero-order chi connectivity index (χ0) is 85.6. The first kappa shape index (κ1) is 95.9. The molecule has 0 unspecified atom stereocenters. The zero-order valence-electron chi connectivity index (χ0n) is 73.3. The molecular weight excluding hydrogens is 1530 g/mol. The Bertz CT molecular complexity index is 3910. The molecule has 0 heterocycles. The van der Waals surface area contributed by atoms with E-state index in [1.807, 2.05) is 0 Å². The van der Waals surface area contributed by atoms with Crippen LogP contribution in [0.2, 0.25) is 0 Å². The Morgan fingerprint density at radius 2 is 0.400 bits per heavy atom. The Labute approximate surface area is 713 Å². The van der Waals surface area contributed by atoms with Crippen molar-refractivity contribution in [1.82, 2.24) is 0 Å². The minimum atomic E-state index is -0.502. The lowest BCUT2D eigenvalue weighted by atomic mass is 9.82. The van der Waals surface area contributed by atoms with Gasteiger partial charge in [0.15, 0.2) is 69.1 Å². The monoisotopic (exact) mass is 1660 g/mol. The summed E-state index contributed by atoms with van der Waals surface area (Å²) in [7, 11) is 0. The maximum atomic E-state index is 15.9. The largest absolute Gasteiger partial charge is 0.490 e. The van der Waals surface area contributed by atoms with Gasteiger partial charge in [-0.1, -0.05) is 235 Å². The van der Waals surface area contributed by atoms with E-state index in [0.29, 0.717) is 75.1 Å². The number of nitro groups is 2. The van der Waals surface area contributed by atoms with Crippen LogP contribution in [0.3, 0.4) is 0 Å². The zero-order valence-corrected chi connectivity index (χ0v) is 73.3. The molecule has 2 aliphatic carbocycles. The Kier molecular flexibility index (Phi) is 43.1. The molecule has 0 saturated heterocycles. The number of hydrogen-bond donors (Lipinski definition) is 0. The van der Waals surface area contributed by atoms with E-state index in [2.05, 4.69) is 55.4 Å². The molecule has 0 atom stereocenters. The molecule has 120 heavy (non-hydrogen) atoms. The van der Waals surface area contributed by atoms with Crippen molar-refractivity contribution in [2.45, 2.75) is 313 Å². The van der Waals surface area contributed by atoms with Gasteiger partial charge in [0.2, 0.25) is 23.0 Å². The number of hydrogen-bond acceptors (Lipinski definition) is 20. The highest BCUT2D eigenvalue weighted by Crippen LogP contribution is 2.54. The van der Waals surface area contributed by atoms with Crippen molar-refractivity contribution in [3.8, 4) is 69.0 Å². The summed E-state index contributed by atoms with van der Waals surface area (Å²) in [5.74, 6) is 0.410. The highest BCUT2D eigenvalue weighted by Gasteiger charge is 2.43. The number of ketones is 4. The number of carbonyl (C=O) groups is 4. The first-order valence-corrected chi connectivity index (χ1v) is 45.7. The first-order valence-electron chi connectivity index (χ1n) is 45.7. The normalized spacial score (nSPS) is 12.0. The van der Waals surface area contributed by atoms with E-state index >= 15 is 19.2 Å². The summed E-state index contributed by atoms with van der Waals surface area (Å²) in [6, 6.07) is 18.5. The molecule has 0 aliphatic heterocycles. The third-order valence-electron chi connectivity index (χ3n) is 21.8. The van der Waals surface area contributed by atoms with E-state index in [1.165, 1.54) is 24.3 Å². The van der Waals surface area contributed by atoms with Crippen LogP contribution in [0.25, 0.3) is 0 Å². The lowest BCUT2D eigenvalue weighted by Gasteiger charge is -2.27. The fraction of sp³-hybridized carbons (Fsp3) is 0.592. The molecule has 0 amide bonds. The van der Waals surface area contributed by atoms with Crippen LogP contribution in [-0.4, -0.2) is 99.0 Å². The molecule has 658 valence electrons. The Morgan fingerprint density at radius 3 is 0.600 bits per heavy atom. The average molecular weight is 1660 g/mol. The molecule has 22 nitrogen and oxygen atoms in total. The Morgan fingerprint density at radius 1 is 0.225 bits per heavy atom. The second-order valence-corrected chi connectivity index (χ2v) is 31.7. The van der Waals surface area contributed by atoms with E-state index in [0.717, 1.165) is 231 Å². The number of fused-ring (bicyclic) bond motifs is 4. The minimum absolute atomic E-state index is 0.00659. The van der Waals surface area contributed by atoms with Gasteiger partial charge in [0.1, 0.15) is 13.2 Å². The number of rotatable bonds is 67. The predicted molar refractivity (Wildman–Crippen MR) is 470 cm³/mol. The molecule has 0 spiro atoms. The van der Waals surface area contributed by atoms with Crippen LogP contribution in [0.4, 0.5) is 11.4 Å². The van der Waals surface area contributed by atoms with Gasteiger partial charge in [-0.05, 0) is 124 Å². The van der Waals surface area contributed by atoms with Crippen LogP contribution < -0.4 is 56.8 Å². The van der Waals surface area contributed by atoms with E-state index in [-0.39, 0.29) is 153 Å². The van der Waals surface area contributed by atoms with Crippen molar-refractivity contribution in [3.05, 3.63) is 149 Å². The van der Waals surface area contributed by atoms with Crippen LogP contribution in [0.15, 0.2) is 72.8 Å². The van der Waals surface area contributed by atoms with Gasteiger partial charge in [0.05, 0.1) is 98.2 Å². The summed E-state index contributed by atoms with van der Waals surface area (Å²) < 4.78 is 80.4. The molecule has 0 N–H and O–H groups in total. The molecule has 0 bridgehead atoms. The standard InChI is InChI=1S/C98H136N2O20/c1-9-17-25-37-55-109-79-65-75-83(87(101)77-67-81(111-57-39-27-19-11-3)93(115-61-43-31-23-15-7)97(85(77)89(75)103)119-69-71-47-51-73(52-48-71)99(105)106)95(91(79)113-59-41-29-21-13-5)117-63-45-35-33-34-36-46-64-118-96-84-76(66-80(110-56-38-26-18-10-2)92(96)114-60-42-30-22-14-6)90(104)86-78(88(84)102)68-82(112-58-40-28-20-12-4)94(116-62-44-32-24-16-8)98(86)120-70-72-49-53-74(54-50-72)100(107)108/h47-54,65-68H,9-46,55-64,69-70H2,1-8H3. The molecule has 0 fully saturated rings. The van der Waals surface area contributed by atoms with Crippen molar-refractivity contribution < 1.29 is 85.9 Å². The number of non-ortho nitro benzene ring substituents is 2. The second kappa shape index (κ2) is 53.9. The van der Waals surface area contributed by atoms with Gasteiger partial charge >= 0.3 is 0 Å².